The van der Waals surface area contributed by atoms with Crippen LogP contribution in [0.5, 0.6) is 11.5 Å². The smallest absolute Gasteiger partial charge is 0.254 e. The Morgan fingerprint density at radius 2 is 2.11 bits per heavy atom. The monoisotopic (exact) mass is 265 g/mol. The molecule has 5 heteroatoms. The van der Waals surface area contributed by atoms with E-state index in [2.05, 4.69) is 0 Å². The van der Waals surface area contributed by atoms with E-state index in [9.17, 15) is 15.0 Å². The molecule has 1 saturated heterocycles. The molecule has 1 aromatic rings. The molecule has 0 bridgehead atoms. The summed E-state index contributed by atoms with van der Waals surface area (Å²) >= 11 is 0. The molecule has 1 fully saturated rings. The van der Waals surface area contributed by atoms with Crippen molar-refractivity contribution in [1.29, 1.82) is 0 Å². The normalized spacial score (nSPS) is 23.4. The lowest BCUT2D eigenvalue weighted by Crippen LogP contribution is -2.49. The van der Waals surface area contributed by atoms with Crippen molar-refractivity contribution in [3.63, 3.8) is 0 Å². The maximum atomic E-state index is 12.3. The summed E-state index contributed by atoms with van der Waals surface area (Å²) in [7, 11) is 1.65. The fourth-order valence-corrected chi connectivity index (χ4v) is 2.38. The Balaban J connectivity index is 2.17. The number of rotatable bonds is 2. The summed E-state index contributed by atoms with van der Waals surface area (Å²) in [5.41, 5.74) is 0.0583. The first-order valence-corrected chi connectivity index (χ1v) is 6.31. The van der Waals surface area contributed by atoms with Crippen molar-refractivity contribution in [2.24, 2.45) is 0 Å². The third-order valence-electron chi connectivity index (χ3n) is 3.66. The van der Waals surface area contributed by atoms with E-state index in [0.29, 0.717) is 18.7 Å². The number of ether oxygens (including phenoxy) is 1. The molecule has 1 unspecified atom stereocenters. The molecule has 1 atom stereocenters. The highest BCUT2D eigenvalue weighted by Crippen LogP contribution is 2.28. The zero-order valence-electron chi connectivity index (χ0n) is 11.2. The SMILES string of the molecule is COC1(C)CCCN(C(=O)c2ccc(O)c(O)c2)C1. The van der Waals surface area contributed by atoms with Crippen molar-refractivity contribution >= 4 is 5.91 Å². The summed E-state index contributed by atoms with van der Waals surface area (Å²) < 4.78 is 5.45. The molecule has 1 amide bonds. The summed E-state index contributed by atoms with van der Waals surface area (Å²) in [6.45, 7) is 3.20. The van der Waals surface area contributed by atoms with E-state index in [1.165, 1.54) is 18.2 Å². The quantitative estimate of drug-likeness (QED) is 0.799. The minimum absolute atomic E-state index is 0.154. The van der Waals surface area contributed by atoms with Crippen LogP contribution in [0, 0.1) is 0 Å². The Morgan fingerprint density at radius 1 is 1.37 bits per heavy atom. The van der Waals surface area contributed by atoms with Crippen LogP contribution >= 0.6 is 0 Å². The largest absolute Gasteiger partial charge is 0.504 e. The molecule has 5 nitrogen and oxygen atoms in total. The van der Waals surface area contributed by atoms with E-state index in [0.717, 1.165) is 12.8 Å². The van der Waals surface area contributed by atoms with Gasteiger partial charge < -0.3 is 19.8 Å². The number of likely N-dealkylation sites (tertiary alicyclic amines) is 1. The number of nitrogens with zero attached hydrogens (tertiary/aromatic N) is 1. The third kappa shape index (κ3) is 2.81. The minimum atomic E-state index is -0.313. The number of methoxy groups -OCH3 is 1. The molecule has 2 N–H and O–H groups in total. The number of piperidine rings is 1. The summed E-state index contributed by atoms with van der Waals surface area (Å²) in [6, 6.07) is 4.12. The second-order valence-corrected chi connectivity index (χ2v) is 5.19. The van der Waals surface area contributed by atoms with Gasteiger partial charge in [-0.25, -0.2) is 0 Å². The highest BCUT2D eigenvalue weighted by Gasteiger charge is 2.33. The highest BCUT2D eigenvalue weighted by molar-refractivity contribution is 5.95. The molecule has 1 aliphatic rings. The Bertz CT molecular complexity index is 488. The fraction of sp³-hybridized carbons (Fsp3) is 0.500. The minimum Gasteiger partial charge on any atom is -0.504 e. The zero-order valence-corrected chi connectivity index (χ0v) is 11.2. The number of carbonyl (C=O) groups excluding carboxylic acids is 1. The van der Waals surface area contributed by atoms with Gasteiger partial charge in [0.05, 0.1) is 5.60 Å². The standard InChI is InChI=1S/C14H19NO4/c1-14(19-2)6-3-7-15(9-14)13(18)10-4-5-11(16)12(17)8-10/h4-5,8,16-17H,3,6-7,9H2,1-2H3. The number of aromatic hydroxyl groups is 2. The number of amides is 1. The fourth-order valence-electron chi connectivity index (χ4n) is 2.38. The maximum Gasteiger partial charge on any atom is 0.254 e. The molecule has 0 aromatic heterocycles. The summed E-state index contributed by atoms with van der Waals surface area (Å²) in [5.74, 6) is -0.660. The highest BCUT2D eigenvalue weighted by atomic mass is 16.5. The van der Waals surface area contributed by atoms with Gasteiger partial charge in [0.2, 0.25) is 0 Å². The lowest BCUT2D eigenvalue weighted by atomic mass is 9.94. The molecule has 1 aromatic carbocycles. The van der Waals surface area contributed by atoms with Gasteiger partial charge in [0.1, 0.15) is 0 Å². The molecule has 19 heavy (non-hydrogen) atoms. The van der Waals surface area contributed by atoms with E-state index in [-0.39, 0.29) is 23.0 Å². The molecule has 0 radical (unpaired) electrons. The van der Waals surface area contributed by atoms with Crippen LogP contribution in [-0.2, 0) is 4.74 Å². The van der Waals surface area contributed by atoms with Gasteiger partial charge in [-0.15, -0.1) is 0 Å². The van der Waals surface area contributed by atoms with E-state index >= 15 is 0 Å². The average Bonchev–Trinajstić information content (AvgIpc) is 2.41. The van der Waals surface area contributed by atoms with Crippen LogP contribution in [0.3, 0.4) is 0 Å². The zero-order chi connectivity index (χ0) is 14.0. The number of hydrogen-bond acceptors (Lipinski definition) is 4. The van der Waals surface area contributed by atoms with E-state index < -0.39 is 0 Å². The first kappa shape index (κ1) is 13.7. The Hall–Kier alpha value is -1.75. The van der Waals surface area contributed by atoms with Crippen LogP contribution in [0.4, 0.5) is 0 Å². The van der Waals surface area contributed by atoms with Crippen molar-refractivity contribution in [3.05, 3.63) is 23.8 Å². The van der Waals surface area contributed by atoms with Crippen molar-refractivity contribution in [2.45, 2.75) is 25.4 Å². The van der Waals surface area contributed by atoms with Crippen LogP contribution in [0.25, 0.3) is 0 Å². The molecular weight excluding hydrogens is 246 g/mol. The summed E-state index contributed by atoms with van der Waals surface area (Å²) in [5, 5.41) is 18.7. The van der Waals surface area contributed by atoms with E-state index in [4.69, 9.17) is 4.74 Å². The lowest BCUT2D eigenvalue weighted by molar-refractivity contribution is -0.0440. The Morgan fingerprint density at radius 3 is 2.74 bits per heavy atom. The second-order valence-electron chi connectivity index (χ2n) is 5.19. The summed E-state index contributed by atoms with van der Waals surface area (Å²) in [4.78, 5) is 14.1. The molecule has 0 spiro atoms. The van der Waals surface area contributed by atoms with E-state index in [1.807, 2.05) is 6.92 Å². The van der Waals surface area contributed by atoms with Gasteiger partial charge >= 0.3 is 0 Å². The van der Waals surface area contributed by atoms with Crippen molar-refractivity contribution in [1.82, 2.24) is 4.90 Å². The van der Waals surface area contributed by atoms with Gasteiger partial charge in [0.25, 0.3) is 5.91 Å². The van der Waals surface area contributed by atoms with Crippen LogP contribution < -0.4 is 0 Å². The van der Waals surface area contributed by atoms with Crippen LogP contribution in [0.1, 0.15) is 30.1 Å². The topological polar surface area (TPSA) is 70.0 Å². The first-order chi connectivity index (χ1) is 8.95. The van der Waals surface area contributed by atoms with Crippen molar-refractivity contribution in [2.75, 3.05) is 20.2 Å². The second kappa shape index (κ2) is 5.09. The number of benzene rings is 1. The predicted octanol–water partition coefficient (Wildman–Crippen LogP) is 1.74. The first-order valence-electron chi connectivity index (χ1n) is 6.31. The van der Waals surface area contributed by atoms with Gasteiger partial charge in [0.15, 0.2) is 11.5 Å². The molecule has 104 valence electrons. The van der Waals surface area contributed by atoms with Gasteiger partial charge in [-0.1, -0.05) is 0 Å². The van der Waals surface area contributed by atoms with Gasteiger partial charge in [0, 0.05) is 25.8 Å². The van der Waals surface area contributed by atoms with Gasteiger partial charge in [-0.2, -0.15) is 0 Å². The lowest BCUT2D eigenvalue weighted by Gasteiger charge is -2.39. The van der Waals surface area contributed by atoms with Crippen molar-refractivity contribution < 1.29 is 19.7 Å². The molecule has 2 rings (SSSR count). The number of hydrogen-bond donors (Lipinski definition) is 2. The average molecular weight is 265 g/mol. The van der Waals surface area contributed by atoms with Crippen LogP contribution in [-0.4, -0.2) is 46.8 Å². The predicted molar refractivity (Wildman–Crippen MR) is 70.3 cm³/mol. The van der Waals surface area contributed by atoms with Crippen molar-refractivity contribution in [3.8, 4) is 11.5 Å². The van der Waals surface area contributed by atoms with E-state index in [1.54, 1.807) is 12.0 Å². The molecule has 0 aliphatic carbocycles. The Labute approximate surface area is 112 Å². The molecule has 1 heterocycles. The molecular formula is C14H19NO4. The van der Waals surface area contributed by atoms with Crippen LogP contribution in [0.2, 0.25) is 0 Å². The Kier molecular flexibility index (Phi) is 3.66. The van der Waals surface area contributed by atoms with Gasteiger partial charge in [-0.3, -0.25) is 4.79 Å². The number of carbonyl (C=O) groups is 1. The molecule has 1 aliphatic heterocycles. The summed E-state index contributed by atoms with van der Waals surface area (Å²) in [6.07, 6.45) is 1.81. The third-order valence-corrected chi connectivity index (χ3v) is 3.66. The van der Waals surface area contributed by atoms with Crippen LogP contribution in [0.15, 0.2) is 18.2 Å². The van der Waals surface area contributed by atoms with Gasteiger partial charge in [-0.05, 0) is 38.0 Å². The number of phenols is 2. The number of phenolic OH excluding ortho intramolecular Hbond substituents is 2. The molecule has 0 saturated carbocycles. The maximum absolute atomic E-state index is 12.3.